The lowest BCUT2D eigenvalue weighted by molar-refractivity contribution is 0.199. The molecule has 0 spiro atoms. The van der Waals surface area contributed by atoms with Gasteiger partial charge in [-0.2, -0.15) is 5.26 Å². The Labute approximate surface area is 122 Å². The quantitative estimate of drug-likeness (QED) is 0.746. The van der Waals surface area contributed by atoms with Gasteiger partial charge in [-0.1, -0.05) is 13.0 Å². The van der Waals surface area contributed by atoms with Gasteiger partial charge in [0.1, 0.15) is 11.8 Å². The van der Waals surface area contributed by atoms with E-state index >= 15 is 0 Å². The molecule has 19 heavy (non-hydrogen) atoms. The number of hydrogen-bond acceptors (Lipinski definition) is 4. The third-order valence-corrected chi connectivity index (χ3v) is 3.21. The van der Waals surface area contributed by atoms with Gasteiger partial charge in [0.2, 0.25) is 0 Å². The Hall–Kier alpha value is -1.09. The minimum absolute atomic E-state index is 0.401. The fourth-order valence-electron chi connectivity index (χ4n) is 1.51. The van der Waals surface area contributed by atoms with Crippen molar-refractivity contribution < 1.29 is 9.47 Å². The lowest BCUT2D eigenvalue weighted by Gasteiger charge is -2.13. The molecule has 0 heterocycles. The van der Waals surface area contributed by atoms with E-state index in [4.69, 9.17) is 14.7 Å². The summed E-state index contributed by atoms with van der Waals surface area (Å²) in [5.74, 6) is 0.703. The van der Waals surface area contributed by atoms with Crippen LogP contribution in [0.4, 0.5) is 0 Å². The Morgan fingerprint density at radius 1 is 1.47 bits per heavy atom. The van der Waals surface area contributed by atoms with Crippen molar-refractivity contribution in [3.63, 3.8) is 0 Å². The molecule has 0 amide bonds. The van der Waals surface area contributed by atoms with Crippen LogP contribution in [0.15, 0.2) is 22.7 Å². The number of nitrogens with zero attached hydrogens (tertiary/aromatic N) is 1. The molecular weight excluding hydrogens is 308 g/mol. The zero-order valence-electron chi connectivity index (χ0n) is 11.3. The van der Waals surface area contributed by atoms with Crippen LogP contribution in [0.5, 0.6) is 5.75 Å². The molecule has 0 saturated carbocycles. The van der Waals surface area contributed by atoms with Crippen molar-refractivity contribution in [2.75, 3.05) is 20.3 Å². The molecule has 0 fully saturated rings. The maximum absolute atomic E-state index is 8.89. The molecular formula is C14H19BrN2O2. The molecule has 0 radical (unpaired) electrons. The minimum Gasteiger partial charge on any atom is -0.474 e. The van der Waals surface area contributed by atoms with Crippen molar-refractivity contribution in [2.45, 2.75) is 26.0 Å². The van der Waals surface area contributed by atoms with Crippen LogP contribution < -0.4 is 10.1 Å². The summed E-state index contributed by atoms with van der Waals surface area (Å²) in [7, 11) is 1.68. The van der Waals surface area contributed by atoms with Gasteiger partial charge in [-0.3, -0.25) is 0 Å². The van der Waals surface area contributed by atoms with Gasteiger partial charge < -0.3 is 14.8 Å². The van der Waals surface area contributed by atoms with Crippen molar-refractivity contribution in [3.05, 3.63) is 28.2 Å². The van der Waals surface area contributed by atoms with Gasteiger partial charge in [0.15, 0.2) is 6.10 Å². The molecule has 104 valence electrons. The Bertz CT molecular complexity index is 432. The predicted octanol–water partition coefficient (Wildman–Crippen LogP) is 2.87. The van der Waals surface area contributed by atoms with E-state index in [2.05, 4.69) is 27.3 Å². The second-order valence-corrected chi connectivity index (χ2v) is 4.93. The predicted molar refractivity (Wildman–Crippen MR) is 78.0 cm³/mol. The Balaban J connectivity index is 2.57. The van der Waals surface area contributed by atoms with E-state index in [0.29, 0.717) is 18.8 Å². The van der Waals surface area contributed by atoms with Crippen molar-refractivity contribution in [3.8, 4) is 11.8 Å². The second-order valence-electron chi connectivity index (χ2n) is 4.08. The van der Waals surface area contributed by atoms with E-state index in [1.807, 2.05) is 25.1 Å². The highest BCUT2D eigenvalue weighted by molar-refractivity contribution is 9.10. The van der Waals surface area contributed by atoms with E-state index in [-0.39, 0.29) is 0 Å². The number of benzene rings is 1. The van der Waals surface area contributed by atoms with Gasteiger partial charge in [-0.05, 0) is 40.0 Å². The van der Waals surface area contributed by atoms with E-state index in [1.165, 1.54) is 0 Å². The first-order valence-corrected chi connectivity index (χ1v) is 7.05. The first-order chi connectivity index (χ1) is 9.21. The fraction of sp³-hybridized carbons (Fsp3) is 0.500. The maximum atomic E-state index is 8.89. The largest absolute Gasteiger partial charge is 0.474 e. The van der Waals surface area contributed by atoms with Crippen LogP contribution in [0, 0.1) is 11.3 Å². The number of ether oxygens (including phenoxy) is 2. The third kappa shape index (κ3) is 5.60. The van der Waals surface area contributed by atoms with Gasteiger partial charge in [0, 0.05) is 20.2 Å². The van der Waals surface area contributed by atoms with E-state index < -0.39 is 6.10 Å². The summed E-state index contributed by atoms with van der Waals surface area (Å²) < 4.78 is 11.4. The fourth-order valence-corrected chi connectivity index (χ4v) is 2.03. The maximum Gasteiger partial charge on any atom is 0.184 e. The first kappa shape index (κ1) is 16.0. The molecule has 0 saturated heterocycles. The average Bonchev–Trinajstić information content (AvgIpc) is 2.43. The summed E-state index contributed by atoms with van der Waals surface area (Å²) in [6.07, 6.45) is 0.269. The van der Waals surface area contributed by atoms with Crippen LogP contribution in [0.25, 0.3) is 0 Å². The third-order valence-electron chi connectivity index (χ3n) is 2.59. The molecule has 1 atom stereocenters. The molecule has 0 aromatic heterocycles. The van der Waals surface area contributed by atoms with E-state index in [0.717, 1.165) is 23.1 Å². The van der Waals surface area contributed by atoms with Gasteiger partial charge >= 0.3 is 0 Å². The highest BCUT2D eigenvalue weighted by Gasteiger charge is 2.09. The molecule has 4 nitrogen and oxygen atoms in total. The lowest BCUT2D eigenvalue weighted by Crippen LogP contribution is -2.18. The zero-order valence-corrected chi connectivity index (χ0v) is 12.9. The number of nitrogens with one attached hydrogen (secondary N) is 1. The van der Waals surface area contributed by atoms with Gasteiger partial charge in [-0.15, -0.1) is 0 Å². The first-order valence-electron chi connectivity index (χ1n) is 6.25. The topological polar surface area (TPSA) is 54.3 Å². The van der Waals surface area contributed by atoms with Crippen LogP contribution in [-0.2, 0) is 11.3 Å². The standard InChI is InChI=1S/C14H19BrN2O2/c1-3-12(9-16)19-14-5-4-11(8-13(14)15)10-17-6-7-18-2/h4-5,8,12,17H,3,6-7,10H2,1-2H3. The number of nitriles is 1. The Morgan fingerprint density at radius 3 is 2.84 bits per heavy atom. The van der Waals surface area contributed by atoms with Crippen molar-refractivity contribution in [2.24, 2.45) is 0 Å². The summed E-state index contributed by atoms with van der Waals surface area (Å²) >= 11 is 3.47. The van der Waals surface area contributed by atoms with Crippen molar-refractivity contribution in [1.82, 2.24) is 5.32 Å². The molecule has 5 heteroatoms. The molecule has 1 aromatic carbocycles. The summed E-state index contributed by atoms with van der Waals surface area (Å²) in [4.78, 5) is 0. The van der Waals surface area contributed by atoms with Gasteiger partial charge in [-0.25, -0.2) is 0 Å². The van der Waals surface area contributed by atoms with E-state index in [1.54, 1.807) is 7.11 Å². The molecule has 1 N–H and O–H groups in total. The number of methoxy groups -OCH3 is 1. The van der Waals surface area contributed by atoms with Crippen LogP contribution in [0.2, 0.25) is 0 Å². The summed E-state index contributed by atoms with van der Waals surface area (Å²) in [6.45, 7) is 4.22. The van der Waals surface area contributed by atoms with Crippen LogP contribution in [0.3, 0.4) is 0 Å². The van der Waals surface area contributed by atoms with Crippen molar-refractivity contribution in [1.29, 1.82) is 5.26 Å². The summed E-state index contributed by atoms with van der Waals surface area (Å²) in [5.41, 5.74) is 1.15. The number of halogens is 1. The molecule has 0 aliphatic rings. The molecule has 0 aliphatic heterocycles. The number of rotatable bonds is 8. The smallest absolute Gasteiger partial charge is 0.184 e. The van der Waals surface area contributed by atoms with E-state index in [9.17, 15) is 0 Å². The second kappa shape index (κ2) is 8.92. The van der Waals surface area contributed by atoms with Crippen LogP contribution in [-0.4, -0.2) is 26.4 Å². The van der Waals surface area contributed by atoms with Crippen molar-refractivity contribution >= 4 is 15.9 Å². The summed E-state index contributed by atoms with van der Waals surface area (Å²) in [6, 6.07) is 8.00. The SMILES string of the molecule is CCC(C#N)Oc1ccc(CNCCOC)cc1Br. The molecule has 1 rings (SSSR count). The Morgan fingerprint density at radius 2 is 2.26 bits per heavy atom. The average molecular weight is 327 g/mol. The van der Waals surface area contributed by atoms with Gasteiger partial charge in [0.25, 0.3) is 0 Å². The van der Waals surface area contributed by atoms with Crippen LogP contribution in [0.1, 0.15) is 18.9 Å². The normalized spacial score (nSPS) is 11.9. The monoisotopic (exact) mass is 326 g/mol. The molecule has 0 bridgehead atoms. The summed E-state index contributed by atoms with van der Waals surface area (Å²) in [5, 5.41) is 12.2. The molecule has 0 aliphatic carbocycles. The van der Waals surface area contributed by atoms with Gasteiger partial charge in [0.05, 0.1) is 11.1 Å². The van der Waals surface area contributed by atoms with Crippen LogP contribution >= 0.6 is 15.9 Å². The number of hydrogen-bond donors (Lipinski definition) is 1. The Kier molecular flexibility index (Phi) is 7.49. The highest BCUT2D eigenvalue weighted by atomic mass is 79.9. The molecule has 1 aromatic rings. The minimum atomic E-state index is -0.401. The lowest BCUT2D eigenvalue weighted by atomic mass is 10.2. The molecule has 1 unspecified atom stereocenters. The zero-order chi connectivity index (χ0) is 14.1. The highest BCUT2D eigenvalue weighted by Crippen LogP contribution is 2.27.